The Hall–Kier alpha value is -1.60. The van der Waals surface area contributed by atoms with E-state index in [0.29, 0.717) is 21.5 Å². The van der Waals surface area contributed by atoms with E-state index in [0.717, 1.165) is 0 Å². The van der Waals surface area contributed by atoms with Gasteiger partial charge < -0.3 is 20.9 Å². The second-order valence-electron chi connectivity index (χ2n) is 4.26. The van der Waals surface area contributed by atoms with Crippen LogP contribution in [0.4, 0.5) is 5.69 Å². The van der Waals surface area contributed by atoms with Gasteiger partial charge in [-0.3, -0.25) is 9.59 Å². The normalized spacial score (nSPS) is 11.8. The Bertz CT molecular complexity index is 519. The molecule has 1 atom stereocenters. The number of methoxy groups -OCH3 is 1. The summed E-state index contributed by atoms with van der Waals surface area (Å²) in [4.78, 5) is 22.0. The summed E-state index contributed by atoms with van der Waals surface area (Å²) in [5.41, 5.74) is 7.13. The maximum atomic E-state index is 11.3. The van der Waals surface area contributed by atoms with Gasteiger partial charge in [-0.1, -0.05) is 15.9 Å². The highest BCUT2D eigenvalue weighted by molar-refractivity contribution is 9.10. The lowest BCUT2D eigenvalue weighted by Gasteiger charge is -2.20. The van der Waals surface area contributed by atoms with Gasteiger partial charge in [0.1, 0.15) is 5.75 Å². The van der Waals surface area contributed by atoms with Crippen molar-refractivity contribution in [3.05, 3.63) is 22.2 Å². The summed E-state index contributed by atoms with van der Waals surface area (Å²) in [5, 5.41) is 11.4. The van der Waals surface area contributed by atoms with E-state index >= 15 is 0 Å². The van der Waals surface area contributed by atoms with Crippen LogP contribution in [-0.2, 0) is 9.59 Å². The Labute approximate surface area is 125 Å². The number of carbonyl (C=O) groups excluding carboxylic acids is 1. The number of nitrogens with one attached hydrogen (secondary N) is 1. The Morgan fingerprint density at radius 2 is 2.15 bits per heavy atom. The van der Waals surface area contributed by atoms with Gasteiger partial charge in [0.05, 0.1) is 12.8 Å². The van der Waals surface area contributed by atoms with E-state index in [1.807, 2.05) is 0 Å². The van der Waals surface area contributed by atoms with Crippen LogP contribution in [0.15, 0.2) is 16.6 Å². The first kappa shape index (κ1) is 16.5. The van der Waals surface area contributed by atoms with Crippen LogP contribution < -0.4 is 15.8 Å². The first-order valence-corrected chi connectivity index (χ1v) is 6.77. The molecule has 0 saturated heterocycles. The van der Waals surface area contributed by atoms with Crippen molar-refractivity contribution in [1.29, 1.82) is 0 Å². The summed E-state index contributed by atoms with van der Waals surface area (Å²) in [6, 6.07) is 2.92. The summed E-state index contributed by atoms with van der Waals surface area (Å²) >= 11 is 3.37. The number of carbonyl (C=O) groups is 2. The summed E-state index contributed by atoms with van der Waals surface area (Å²) in [7, 11) is 1.49. The molecule has 1 rings (SSSR count). The minimum absolute atomic E-state index is 0.0513. The lowest BCUT2D eigenvalue weighted by atomic mass is 10.00. The summed E-state index contributed by atoms with van der Waals surface area (Å²) in [5.74, 6) is -0.696. The fourth-order valence-corrected chi connectivity index (χ4v) is 2.46. The molecule has 0 heterocycles. The summed E-state index contributed by atoms with van der Waals surface area (Å²) < 4.78 is 5.90. The minimum atomic E-state index is -0.916. The second kappa shape index (κ2) is 7.25. The molecule has 7 heteroatoms. The molecule has 0 radical (unpaired) electrons. The highest BCUT2D eigenvalue weighted by atomic mass is 79.9. The molecule has 0 fully saturated rings. The highest BCUT2D eigenvalue weighted by Crippen LogP contribution is 2.38. The van der Waals surface area contributed by atoms with Gasteiger partial charge in [-0.25, -0.2) is 0 Å². The number of carboxylic acids is 1. The van der Waals surface area contributed by atoms with Crippen molar-refractivity contribution in [3.8, 4) is 5.75 Å². The molecule has 0 aliphatic heterocycles. The smallest absolute Gasteiger partial charge is 0.303 e. The van der Waals surface area contributed by atoms with E-state index in [9.17, 15) is 9.59 Å². The molecular weight excluding hydrogens is 328 g/mol. The predicted molar refractivity (Wildman–Crippen MR) is 78.8 cm³/mol. The van der Waals surface area contributed by atoms with Gasteiger partial charge in [0.2, 0.25) is 5.91 Å². The average Bonchev–Trinajstić information content (AvgIpc) is 2.36. The number of amides is 1. The Balaban J connectivity index is 3.19. The summed E-state index contributed by atoms with van der Waals surface area (Å²) in [6.07, 6.45) is 0.206. The van der Waals surface area contributed by atoms with Crippen LogP contribution in [0.5, 0.6) is 5.75 Å². The number of halogens is 1. The number of aliphatic carboxylic acids is 1. The number of anilines is 1. The highest BCUT2D eigenvalue weighted by Gasteiger charge is 2.20. The number of carboxylic acid groups (broad SMARTS) is 1. The molecule has 0 aromatic heterocycles. The number of rotatable bonds is 6. The van der Waals surface area contributed by atoms with Crippen LogP contribution in [0.2, 0.25) is 0 Å². The van der Waals surface area contributed by atoms with Crippen LogP contribution >= 0.6 is 15.9 Å². The SMILES string of the molecule is COc1ccc(Br)c(C(N)CCC(=O)O)c1NC(C)=O. The standard InChI is InChI=1S/C13H17BrN2O4/c1-7(17)16-13-10(20-2)5-3-8(14)12(13)9(15)4-6-11(18)19/h3,5,9H,4,6,15H2,1-2H3,(H,16,17)(H,18,19). The molecule has 0 aliphatic rings. The van der Waals surface area contributed by atoms with E-state index in [-0.39, 0.29) is 18.7 Å². The summed E-state index contributed by atoms with van der Waals surface area (Å²) in [6.45, 7) is 1.38. The Morgan fingerprint density at radius 3 is 2.65 bits per heavy atom. The molecule has 20 heavy (non-hydrogen) atoms. The quantitative estimate of drug-likeness (QED) is 0.734. The molecule has 4 N–H and O–H groups in total. The van der Waals surface area contributed by atoms with E-state index in [1.54, 1.807) is 12.1 Å². The number of hydrogen-bond donors (Lipinski definition) is 3. The topological polar surface area (TPSA) is 102 Å². The lowest BCUT2D eigenvalue weighted by molar-refractivity contribution is -0.137. The van der Waals surface area contributed by atoms with Crippen molar-refractivity contribution in [2.75, 3.05) is 12.4 Å². The zero-order valence-corrected chi connectivity index (χ0v) is 12.9. The van der Waals surface area contributed by atoms with Crippen LogP contribution in [-0.4, -0.2) is 24.1 Å². The van der Waals surface area contributed by atoms with Crippen molar-refractivity contribution < 1.29 is 19.4 Å². The third-order valence-corrected chi connectivity index (χ3v) is 3.41. The van der Waals surface area contributed by atoms with Crippen molar-refractivity contribution in [3.63, 3.8) is 0 Å². The molecule has 1 aromatic carbocycles. The van der Waals surface area contributed by atoms with Crippen molar-refractivity contribution in [2.24, 2.45) is 5.73 Å². The molecule has 110 valence electrons. The fraction of sp³-hybridized carbons (Fsp3) is 0.385. The number of benzene rings is 1. The largest absolute Gasteiger partial charge is 0.495 e. The molecule has 0 aliphatic carbocycles. The third-order valence-electron chi connectivity index (χ3n) is 2.72. The minimum Gasteiger partial charge on any atom is -0.495 e. The van der Waals surface area contributed by atoms with Crippen LogP contribution in [0.25, 0.3) is 0 Å². The fourth-order valence-electron chi connectivity index (χ4n) is 1.83. The van der Waals surface area contributed by atoms with Gasteiger partial charge in [0.15, 0.2) is 0 Å². The number of ether oxygens (including phenoxy) is 1. The van der Waals surface area contributed by atoms with Gasteiger partial charge in [-0.15, -0.1) is 0 Å². The first-order valence-electron chi connectivity index (χ1n) is 5.98. The molecule has 0 bridgehead atoms. The maximum absolute atomic E-state index is 11.3. The third kappa shape index (κ3) is 4.21. The van der Waals surface area contributed by atoms with Gasteiger partial charge in [-0.05, 0) is 18.6 Å². The van der Waals surface area contributed by atoms with E-state index in [4.69, 9.17) is 15.6 Å². The Kier molecular flexibility index (Phi) is 5.97. The number of hydrogen-bond acceptors (Lipinski definition) is 4. The monoisotopic (exact) mass is 344 g/mol. The molecule has 1 aromatic rings. The molecule has 1 amide bonds. The van der Waals surface area contributed by atoms with Crippen LogP contribution in [0, 0.1) is 0 Å². The molecule has 6 nitrogen and oxygen atoms in total. The van der Waals surface area contributed by atoms with E-state index in [1.165, 1.54) is 14.0 Å². The maximum Gasteiger partial charge on any atom is 0.303 e. The predicted octanol–water partition coefficient (Wildman–Crippen LogP) is 2.28. The van der Waals surface area contributed by atoms with E-state index in [2.05, 4.69) is 21.2 Å². The Morgan fingerprint density at radius 1 is 1.50 bits per heavy atom. The van der Waals surface area contributed by atoms with E-state index < -0.39 is 12.0 Å². The van der Waals surface area contributed by atoms with Crippen molar-refractivity contribution in [2.45, 2.75) is 25.8 Å². The van der Waals surface area contributed by atoms with Gasteiger partial charge in [0, 0.05) is 29.4 Å². The van der Waals surface area contributed by atoms with Gasteiger partial charge in [0.25, 0.3) is 0 Å². The molecule has 1 unspecified atom stereocenters. The first-order chi connectivity index (χ1) is 9.36. The zero-order valence-electron chi connectivity index (χ0n) is 11.3. The number of nitrogens with two attached hydrogens (primary N) is 1. The van der Waals surface area contributed by atoms with Gasteiger partial charge in [-0.2, -0.15) is 0 Å². The van der Waals surface area contributed by atoms with Crippen molar-refractivity contribution in [1.82, 2.24) is 0 Å². The van der Waals surface area contributed by atoms with Crippen LogP contribution in [0.3, 0.4) is 0 Å². The molecule has 0 saturated carbocycles. The molecule has 0 spiro atoms. The van der Waals surface area contributed by atoms with Crippen LogP contribution in [0.1, 0.15) is 31.4 Å². The molecular formula is C13H17BrN2O4. The van der Waals surface area contributed by atoms with Gasteiger partial charge >= 0.3 is 5.97 Å². The average molecular weight is 345 g/mol. The van der Waals surface area contributed by atoms with Crippen molar-refractivity contribution >= 4 is 33.5 Å². The zero-order chi connectivity index (χ0) is 15.3. The second-order valence-corrected chi connectivity index (χ2v) is 5.11. The lowest BCUT2D eigenvalue weighted by Crippen LogP contribution is -2.18.